The van der Waals surface area contributed by atoms with E-state index in [0.29, 0.717) is 17.3 Å². The maximum atomic E-state index is 11.6. The summed E-state index contributed by atoms with van der Waals surface area (Å²) in [6.07, 6.45) is 0. The highest BCUT2D eigenvalue weighted by Crippen LogP contribution is 2.22. The van der Waals surface area contributed by atoms with Crippen molar-refractivity contribution in [3.05, 3.63) is 29.3 Å². The average molecular weight is 285 g/mol. The Labute approximate surface area is 117 Å². The lowest BCUT2D eigenvalue weighted by Crippen LogP contribution is -2.46. The van der Waals surface area contributed by atoms with Crippen LogP contribution in [0.25, 0.3) is 0 Å². The SMILES string of the molecule is CCNC(=O)[C@@H](C)NC(=O)COc1ccccc1Cl. The molecule has 19 heavy (non-hydrogen) atoms. The summed E-state index contributed by atoms with van der Waals surface area (Å²) >= 11 is 5.88. The van der Waals surface area contributed by atoms with Crippen molar-refractivity contribution in [2.75, 3.05) is 13.2 Å². The summed E-state index contributed by atoms with van der Waals surface area (Å²) in [5.74, 6) is -0.169. The molecule has 6 heteroatoms. The number of benzene rings is 1. The second-order valence-electron chi connectivity index (χ2n) is 3.90. The van der Waals surface area contributed by atoms with Crippen molar-refractivity contribution in [1.29, 1.82) is 0 Å². The van der Waals surface area contributed by atoms with E-state index in [4.69, 9.17) is 16.3 Å². The van der Waals surface area contributed by atoms with Crippen LogP contribution in [0.4, 0.5) is 0 Å². The van der Waals surface area contributed by atoms with E-state index in [2.05, 4.69) is 10.6 Å². The molecule has 1 rings (SSSR count). The minimum atomic E-state index is -0.595. The number of carbonyl (C=O) groups excluding carboxylic acids is 2. The standard InChI is InChI=1S/C13H17ClN2O3/c1-3-15-13(18)9(2)16-12(17)8-19-11-7-5-4-6-10(11)14/h4-7,9H,3,8H2,1-2H3,(H,15,18)(H,16,17)/t9-/m1/s1. The molecule has 2 amide bonds. The van der Waals surface area contributed by atoms with E-state index in [1.807, 2.05) is 6.92 Å². The van der Waals surface area contributed by atoms with E-state index in [-0.39, 0.29) is 18.4 Å². The van der Waals surface area contributed by atoms with Gasteiger partial charge < -0.3 is 15.4 Å². The lowest BCUT2D eigenvalue weighted by Gasteiger charge is -2.14. The Kier molecular flexibility index (Phi) is 6.15. The van der Waals surface area contributed by atoms with Gasteiger partial charge in [0.2, 0.25) is 5.91 Å². The van der Waals surface area contributed by atoms with Gasteiger partial charge in [0.15, 0.2) is 6.61 Å². The first-order valence-corrected chi connectivity index (χ1v) is 6.36. The number of likely N-dealkylation sites (N-methyl/N-ethyl adjacent to an activating group) is 1. The fourth-order valence-corrected chi connectivity index (χ4v) is 1.57. The molecule has 1 aromatic rings. The summed E-state index contributed by atoms with van der Waals surface area (Å²) in [4.78, 5) is 23.0. The van der Waals surface area contributed by atoms with Gasteiger partial charge in [-0.2, -0.15) is 0 Å². The van der Waals surface area contributed by atoms with Gasteiger partial charge in [0, 0.05) is 6.54 Å². The molecule has 5 nitrogen and oxygen atoms in total. The van der Waals surface area contributed by atoms with Gasteiger partial charge in [-0.1, -0.05) is 23.7 Å². The van der Waals surface area contributed by atoms with Crippen LogP contribution < -0.4 is 15.4 Å². The predicted molar refractivity (Wildman–Crippen MR) is 73.2 cm³/mol. The molecule has 0 bridgehead atoms. The first-order chi connectivity index (χ1) is 9.04. The van der Waals surface area contributed by atoms with E-state index >= 15 is 0 Å². The number of nitrogens with one attached hydrogen (secondary N) is 2. The molecule has 2 N–H and O–H groups in total. The molecule has 0 unspecified atom stereocenters. The maximum Gasteiger partial charge on any atom is 0.258 e. The van der Waals surface area contributed by atoms with Crippen molar-refractivity contribution >= 4 is 23.4 Å². The topological polar surface area (TPSA) is 67.4 Å². The van der Waals surface area contributed by atoms with Gasteiger partial charge in [-0.25, -0.2) is 0 Å². The molecule has 0 aromatic heterocycles. The number of para-hydroxylation sites is 1. The molecule has 0 fully saturated rings. The highest BCUT2D eigenvalue weighted by molar-refractivity contribution is 6.32. The third-order valence-corrected chi connectivity index (χ3v) is 2.63. The van der Waals surface area contributed by atoms with Crippen LogP contribution in [0.3, 0.4) is 0 Å². The summed E-state index contributed by atoms with van der Waals surface area (Å²) in [5, 5.41) is 5.59. The molecule has 0 saturated heterocycles. The zero-order chi connectivity index (χ0) is 14.3. The van der Waals surface area contributed by atoms with E-state index in [0.717, 1.165) is 0 Å². The molecule has 0 aliphatic heterocycles. The number of amides is 2. The average Bonchev–Trinajstić information content (AvgIpc) is 2.38. The summed E-state index contributed by atoms with van der Waals surface area (Å²) in [5.41, 5.74) is 0. The summed E-state index contributed by atoms with van der Waals surface area (Å²) in [6.45, 7) is 3.76. The van der Waals surface area contributed by atoms with Crippen molar-refractivity contribution < 1.29 is 14.3 Å². The first-order valence-electron chi connectivity index (χ1n) is 5.99. The normalized spacial score (nSPS) is 11.5. The summed E-state index contributed by atoms with van der Waals surface area (Å²) in [7, 11) is 0. The highest BCUT2D eigenvalue weighted by atomic mass is 35.5. The second-order valence-corrected chi connectivity index (χ2v) is 4.31. The lowest BCUT2D eigenvalue weighted by atomic mass is 10.3. The van der Waals surface area contributed by atoms with Gasteiger partial charge in [-0.3, -0.25) is 9.59 Å². The Balaban J connectivity index is 2.40. The number of halogens is 1. The Morgan fingerprint density at radius 2 is 2.05 bits per heavy atom. The van der Waals surface area contributed by atoms with Gasteiger partial charge in [-0.05, 0) is 26.0 Å². The number of hydrogen-bond donors (Lipinski definition) is 2. The Morgan fingerprint density at radius 1 is 1.37 bits per heavy atom. The van der Waals surface area contributed by atoms with Crippen LogP contribution >= 0.6 is 11.6 Å². The monoisotopic (exact) mass is 284 g/mol. The van der Waals surface area contributed by atoms with Gasteiger partial charge in [0.1, 0.15) is 11.8 Å². The largest absolute Gasteiger partial charge is 0.482 e. The van der Waals surface area contributed by atoms with Crippen molar-refractivity contribution in [2.45, 2.75) is 19.9 Å². The van der Waals surface area contributed by atoms with Gasteiger partial charge in [-0.15, -0.1) is 0 Å². The minimum absolute atomic E-state index is 0.187. The Bertz CT molecular complexity index is 451. The molecule has 0 aliphatic rings. The smallest absolute Gasteiger partial charge is 0.258 e. The van der Waals surface area contributed by atoms with E-state index in [1.54, 1.807) is 31.2 Å². The molecule has 1 aromatic carbocycles. The molecule has 1 atom stereocenters. The van der Waals surface area contributed by atoms with E-state index < -0.39 is 6.04 Å². The van der Waals surface area contributed by atoms with E-state index in [1.165, 1.54) is 0 Å². The second kappa shape index (κ2) is 7.63. The van der Waals surface area contributed by atoms with Crippen molar-refractivity contribution in [2.24, 2.45) is 0 Å². The molecule has 104 valence electrons. The highest BCUT2D eigenvalue weighted by Gasteiger charge is 2.15. The zero-order valence-electron chi connectivity index (χ0n) is 10.9. The number of rotatable bonds is 6. The number of carbonyl (C=O) groups is 2. The summed E-state index contributed by atoms with van der Waals surface area (Å²) < 4.78 is 5.26. The molecular formula is C13H17ClN2O3. The zero-order valence-corrected chi connectivity index (χ0v) is 11.7. The van der Waals surface area contributed by atoms with E-state index in [9.17, 15) is 9.59 Å². The third kappa shape index (κ3) is 5.18. The minimum Gasteiger partial charge on any atom is -0.482 e. The quantitative estimate of drug-likeness (QED) is 0.829. The van der Waals surface area contributed by atoms with Crippen LogP contribution in [0.15, 0.2) is 24.3 Å². The maximum absolute atomic E-state index is 11.6. The van der Waals surface area contributed by atoms with Crippen LogP contribution in [0, 0.1) is 0 Å². The van der Waals surface area contributed by atoms with Crippen LogP contribution in [0.1, 0.15) is 13.8 Å². The number of ether oxygens (including phenoxy) is 1. The fourth-order valence-electron chi connectivity index (χ4n) is 1.38. The van der Waals surface area contributed by atoms with Crippen LogP contribution in [-0.2, 0) is 9.59 Å². The molecule has 0 heterocycles. The molecule has 0 saturated carbocycles. The molecule has 0 spiro atoms. The molecule has 0 radical (unpaired) electrons. The van der Waals surface area contributed by atoms with Crippen LogP contribution in [0.5, 0.6) is 5.75 Å². The van der Waals surface area contributed by atoms with Gasteiger partial charge >= 0.3 is 0 Å². The van der Waals surface area contributed by atoms with Crippen LogP contribution in [-0.4, -0.2) is 31.0 Å². The fraction of sp³-hybridized carbons (Fsp3) is 0.385. The molecule has 0 aliphatic carbocycles. The Hall–Kier alpha value is -1.75. The lowest BCUT2D eigenvalue weighted by molar-refractivity contribution is -0.129. The summed E-state index contributed by atoms with van der Waals surface area (Å²) in [6, 6.07) is 6.28. The third-order valence-electron chi connectivity index (χ3n) is 2.32. The van der Waals surface area contributed by atoms with Gasteiger partial charge in [0.05, 0.1) is 5.02 Å². The predicted octanol–water partition coefficient (Wildman–Crippen LogP) is 1.36. The van der Waals surface area contributed by atoms with Crippen molar-refractivity contribution in [3.63, 3.8) is 0 Å². The van der Waals surface area contributed by atoms with Crippen molar-refractivity contribution in [3.8, 4) is 5.75 Å². The van der Waals surface area contributed by atoms with Crippen LogP contribution in [0.2, 0.25) is 5.02 Å². The first kappa shape index (κ1) is 15.3. The number of hydrogen-bond acceptors (Lipinski definition) is 3. The molecular weight excluding hydrogens is 268 g/mol. The van der Waals surface area contributed by atoms with Crippen molar-refractivity contribution in [1.82, 2.24) is 10.6 Å². The Morgan fingerprint density at radius 3 is 2.68 bits per heavy atom. The van der Waals surface area contributed by atoms with Gasteiger partial charge in [0.25, 0.3) is 5.91 Å².